The number of benzene rings is 1. The Morgan fingerprint density at radius 3 is 2.54 bits per heavy atom. The van der Waals surface area contributed by atoms with Crippen LogP contribution in [-0.4, -0.2) is 50.1 Å². The van der Waals surface area contributed by atoms with Gasteiger partial charge in [0, 0.05) is 24.5 Å². The van der Waals surface area contributed by atoms with Gasteiger partial charge in [-0.2, -0.15) is 0 Å². The molecule has 0 aliphatic carbocycles. The fraction of sp³-hybridized carbons (Fsp3) is 0.450. The number of likely N-dealkylation sites (N-methyl/N-ethyl adjacent to an activating group) is 1. The van der Waals surface area contributed by atoms with E-state index in [4.69, 9.17) is 9.47 Å². The molecule has 2 aromatic rings. The maximum absolute atomic E-state index is 12.7. The van der Waals surface area contributed by atoms with Crippen LogP contribution in [0.5, 0.6) is 11.5 Å². The fourth-order valence-electron chi connectivity index (χ4n) is 3.29. The number of hydrogen-bond donors (Lipinski definition) is 0. The maximum Gasteiger partial charge on any atom is 0.237 e. The number of hydrogen-bond acceptors (Lipinski definition) is 5. The molecule has 2 heterocycles. The van der Waals surface area contributed by atoms with Crippen LogP contribution in [0.15, 0.2) is 23.6 Å². The molecule has 0 radical (unpaired) electrons. The van der Waals surface area contributed by atoms with Gasteiger partial charge in [0.1, 0.15) is 0 Å². The highest BCUT2D eigenvalue weighted by atomic mass is 32.1. The number of thiophene rings is 1. The van der Waals surface area contributed by atoms with Crippen LogP contribution in [-0.2, 0) is 24.3 Å². The van der Waals surface area contributed by atoms with Crippen LogP contribution >= 0.6 is 11.3 Å². The third-order valence-electron chi connectivity index (χ3n) is 4.86. The van der Waals surface area contributed by atoms with E-state index in [0.29, 0.717) is 18.8 Å². The Labute approximate surface area is 159 Å². The minimum atomic E-state index is 0.169. The van der Waals surface area contributed by atoms with Gasteiger partial charge < -0.3 is 14.4 Å². The molecule has 5 nitrogen and oxygen atoms in total. The maximum atomic E-state index is 12.7. The van der Waals surface area contributed by atoms with E-state index in [-0.39, 0.29) is 5.91 Å². The average molecular weight is 375 g/mol. The lowest BCUT2D eigenvalue weighted by Gasteiger charge is -2.31. The van der Waals surface area contributed by atoms with E-state index in [1.165, 1.54) is 16.0 Å². The molecule has 0 spiro atoms. The molecule has 0 fully saturated rings. The summed E-state index contributed by atoms with van der Waals surface area (Å²) < 4.78 is 10.8. The fourth-order valence-corrected chi connectivity index (χ4v) is 4.28. The van der Waals surface area contributed by atoms with E-state index in [2.05, 4.69) is 23.3 Å². The Morgan fingerprint density at radius 1 is 1.23 bits per heavy atom. The van der Waals surface area contributed by atoms with E-state index in [1.807, 2.05) is 24.1 Å². The predicted octanol–water partition coefficient (Wildman–Crippen LogP) is 3.09. The Balaban J connectivity index is 1.64. The zero-order valence-electron chi connectivity index (χ0n) is 15.9. The largest absolute Gasteiger partial charge is 0.493 e. The number of carbonyl (C=O) groups is 1. The van der Waals surface area contributed by atoms with E-state index < -0.39 is 0 Å². The Hall–Kier alpha value is -2.05. The summed E-state index contributed by atoms with van der Waals surface area (Å²) in [5.74, 6) is 1.63. The quantitative estimate of drug-likeness (QED) is 0.779. The lowest BCUT2D eigenvalue weighted by atomic mass is 9.98. The second kappa shape index (κ2) is 8.10. The second-order valence-corrected chi connectivity index (χ2v) is 7.74. The molecule has 1 aromatic carbocycles. The van der Waals surface area contributed by atoms with Gasteiger partial charge in [-0.05, 0) is 60.7 Å². The highest BCUT2D eigenvalue weighted by molar-refractivity contribution is 7.10. The van der Waals surface area contributed by atoms with Crippen LogP contribution in [0.2, 0.25) is 0 Å². The van der Waals surface area contributed by atoms with Gasteiger partial charge in [-0.15, -0.1) is 11.3 Å². The molecular weight excluding hydrogens is 348 g/mol. The summed E-state index contributed by atoms with van der Waals surface area (Å²) >= 11 is 1.75. The number of aryl methyl sites for hydroxylation is 1. The summed E-state index contributed by atoms with van der Waals surface area (Å²) in [5.41, 5.74) is 3.66. The standard InChI is InChI=1S/C20H26N2O3S/c1-14-6-8-26-19(14)12-21(2)13-20(23)22-7-5-15-9-17(24-3)18(25-4)10-16(15)11-22/h6,8-10H,5,7,11-13H2,1-4H3. The van der Waals surface area contributed by atoms with Crippen molar-refractivity contribution < 1.29 is 14.3 Å². The van der Waals surface area contributed by atoms with Gasteiger partial charge in [0.15, 0.2) is 11.5 Å². The second-order valence-electron chi connectivity index (χ2n) is 6.74. The number of amides is 1. The number of nitrogens with zero attached hydrogens (tertiary/aromatic N) is 2. The van der Waals surface area contributed by atoms with Gasteiger partial charge in [0.2, 0.25) is 5.91 Å². The number of carbonyl (C=O) groups excluding carboxylic acids is 1. The number of ether oxygens (including phenoxy) is 2. The lowest BCUT2D eigenvalue weighted by molar-refractivity contribution is -0.133. The van der Waals surface area contributed by atoms with Crippen molar-refractivity contribution in [3.8, 4) is 11.5 Å². The normalized spacial score (nSPS) is 13.7. The molecule has 140 valence electrons. The third kappa shape index (κ3) is 4.02. The number of fused-ring (bicyclic) bond motifs is 1. The molecule has 0 saturated carbocycles. The monoisotopic (exact) mass is 374 g/mol. The Morgan fingerprint density at radius 2 is 1.92 bits per heavy atom. The topological polar surface area (TPSA) is 42.0 Å². The molecule has 0 unspecified atom stereocenters. The van der Waals surface area contributed by atoms with Crippen LogP contribution < -0.4 is 9.47 Å². The molecule has 0 saturated heterocycles. The summed E-state index contributed by atoms with van der Waals surface area (Å²) in [5, 5.41) is 2.10. The van der Waals surface area contributed by atoms with Crippen LogP contribution in [0, 0.1) is 6.92 Å². The van der Waals surface area contributed by atoms with Crippen molar-refractivity contribution in [1.29, 1.82) is 0 Å². The molecule has 26 heavy (non-hydrogen) atoms. The molecule has 1 amide bonds. The van der Waals surface area contributed by atoms with Crippen molar-refractivity contribution in [2.75, 3.05) is 34.4 Å². The first-order chi connectivity index (χ1) is 12.5. The molecule has 1 aliphatic rings. The number of rotatable bonds is 6. The first-order valence-electron chi connectivity index (χ1n) is 8.75. The average Bonchev–Trinajstić information content (AvgIpc) is 3.04. The van der Waals surface area contributed by atoms with Gasteiger partial charge in [-0.3, -0.25) is 9.69 Å². The van der Waals surface area contributed by atoms with Crippen molar-refractivity contribution >= 4 is 17.2 Å². The Bertz CT molecular complexity index is 787. The lowest BCUT2D eigenvalue weighted by Crippen LogP contribution is -2.41. The van der Waals surface area contributed by atoms with Crippen LogP contribution in [0.4, 0.5) is 0 Å². The van der Waals surface area contributed by atoms with E-state index >= 15 is 0 Å². The molecular formula is C20H26N2O3S. The van der Waals surface area contributed by atoms with Gasteiger partial charge in [0.25, 0.3) is 0 Å². The van der Waals surface area contributed by atoms with Gasteiger partial charge in [-0.25, -0.2) is 0 Å². The molecule has 0 atom stereocenters. The number of methoxy groups -OCH3 is 2. The summed E-state index contributed by atoms with van der Waals surface area (Å²) in [6.07, 6.45) is 0.842. The van der Waals surface area contributed by atoms with Gasteiger partial charge >= 0.3 is 0 Å². The molecule has 3 rings (SSSR count). The van der Waals surface area contributed by atoms with Gasteiger partial charge in [-0.1, -0.05) is 0 Å². The Kier molecular flexibility index (Phi) is 5.84. The van der Waals surface area contributed by atoms with Gasteiger partial charge in [0.05, 0.1) is 20.8 Å². The summed E-state index contributed by atoms with van der Waals surface area (Å²) in [7, 11) is 5.29. The summed E-state index contributed by atoms with van der Waals surface area (Å²) in [6, 6.07) is 6.15. The van der Waals surface area contributed by atoms with Crippen LogP contribution in [0.3, 0.4) is 0 Å². The van der Waals surface area contributed by atoms with Crippen molar-refractivity contribution in [3.63, 3.8) is 0 Å². The molecule has 0 bridgehead atoms. The van der Waals surface area contributed by atoms with Crippen molar-refractivity contribution in [1.82, 2.24) is 9.80 Å². The third-order valence-corrected chi connectivity index (χ3v) is 5.87. The SMILES string of the molecule is COc1cc2c(cc1OC)CN(C(=O)CN(C)Cc1sccc1C)CC2. The molecule has 0 N–H and O–H groups in total. The molecule has 1 aromatic heterocycles. The molecule has 1 aliphatic heterocycles. The minimum absolute atomic E-state index is 0.169. The van der Waals surface area contributed by atoms with Crippen molar-refractivity contribution in [2.45, 2.75) is 26.4 Å². The molecule has 6 heteroatoms. The minimum Gasteiger partial charge on any atom is -0.493 e. The summed E-state index contributed by atoms with van der Waals surface area (Å²) in [4.78, 5) is 18.1. The summed E-state index contributed by atoms with van der Waals surface area (Å²) in [6.45, 7) is 4.73. The van der Waals surface area contributed by atoms with E-state index in [1.54, 1.807) is 25.6 Å². The highest BCUT2D eigenvalue weighted by Gasteiger charge is 2.23. The predicted molar refractivity (Wildman–Crippen MR) is 104 cm³/mol. The van der Waals surface area contributed by atoms with E-state index in [0.717, 1.165) is 30.8 Å². The van der Waals surface area contributed by atoms with E-state index in [9.17, 15) is 4.79 Å². The van der Waals surface area contributed by atoms with Crippen LogP contribution in [0.25, 0.3) is 0 Å². The zero-order chi connectivity index (χ0) is 18.7. The first kappa shape index (κ1) is 18.7. The first-order valence-corrected chi connectivity index (χ1v) is 9.63. The smallest absolute Gasteiger partial charge is 0.237 e. The van der Waals surface area contributed by atoms with Crippen molar-refractivity contribution in [2.24, 2.45) is 0 Å². The van der Waals surface area contributed by atoms with Crippen LogP contribution in [0.1, 0.15) is 21.6 Å². The highest BCUT2D eigenvalue weighted by Crippen LogP contribution is 2.33. The zero-order valence-corrected chi connectivity index (χ0v) is 16.7. The van der Waals surface area contributed by atoms with Crippen molar-refractivity contribution in [3.05, 3.63) is 45.1 Å².